The molecule has 1 atom stereocenters. The lowest BCUT2D eigenvalue weighted by molar-refractivity contribution is 0.199. The average molecular weight is 303 g/mol. The van der Waals surface area contributed by atoms with Gasteiger partial charge in [-0.1, -0.05) is 0 Å². The number of hydrogen-bond acceptors (Lipinski definition) is 6. The van der Waals surface area contributed by atoms with Crippen LogP contribution in [0.1, 0.15) is 23.3 Å². The minimum absolute atomic E-state index is 0.481. The van der Waals surface area contributed by atoms with Crippen LogP contribution < -0.4 is 4.90 Å². The summed E-state index contributed by atoms with van der Waals surface area (Å²) in [5.41, 5.74) is 3.01. The van der Waals surface area contributed by atoms with E-state index < -0.39 is 0 Å². The Bertz CT molecular complexity index is 554. The van der Waals surface area contributed by atoms with Gasteiger partial charge in [0.05, 0.1) is 5.51 Å². The molecule has 0 aromatic carbocycles. The first kappa shape index (κ1) is 14.4. The fraction of sp³-hybridized carbons (Fsp3) is 0.533. The Morgan fingerprint density at radius 3 is 2.86 bits per heavy atom. The van der Waals surface area contributed by atoms with Gasteiger partial charge in [-0.25, -0.2) is 9.97 Å². The van der Waals surface area contributed by atoms with Crippen LogP contribution in [0.5, 0.6) is 0 Å². The van der Waals surface area contributed by atoms with Crippen LogP contribution in [-0.4, -0.2) is 46.0 Å². The molecule has 1 aliphatic rings. The number of anilines is 1. The highest BCUT2D eigenvalue weighted by Crippen LogP contribution is 2.20. The Hall–Kier alpha value is -1.53. The summed E-state index contributed by atoms with van der Waals surface area (Å²) < 4.78 is 0. The van der Waals surface area contributed by atoms with Crippen LogP contribution in [0.2, 0.25) is 0 Å². The summed E-state index contributed by atoms with van der Waals surface area (Å²) in [5.74, 6) is 0.824. The molecule has 0 N–H and O–H groups in total. The normalized spacial score (nSPS) is 19.6. The van der Waals surface area contributed by atoms with Gasteiger partial charge in [-0.15, -0.1) is 11.3 Å². The van der Waals surface area contributed by atoms with E-state index >= 15 is 0 Å². The number of piperidine rings is 1. The molecular formula is C15H21N5S. The first-order chi connectivity index (χ1) is 10.2. The molecular weight excluding hydrogens is 282 g/mol. The van der Waals surface area contributed by atoms with Crippen LogP contribution in [0.3, 0.4) is 0 Å². The zero-order valence-electron chi connectivity index (χ0n) is 12.6. The van der Waals surface area contributed by atoms with E-state index in [1.807, 2.05) is 31.0 Å². The summed E-state index contributed by atoms with van der Waals surface area (Å²) in [6, 6.07) is 0.481. The molecule has 1 aliphatic heterocycles. The maximum absolute atomic E-state index is 4.44. The van der Waals surface area contributed by atoms with Crippen molar-refractivity contribution in [2.24, 2.45) is 0 Å². The summed E-state index contributed by atoms with van der Waals surface area (Å²) >= 11 is 1.73. The summed E-state index contributed by atoms with van der Waals surface area (Å²) in [6.07, 6.45) is 8.17. The van der Waals surface area contributed by atoms with Crippen molar-refractivity contribution in [2.75, 3.05) is 25.0 Å². The molecule has 3 rings (SSSR count). The molecule has 21 heavy (non-hydrogen) atoms. The van der Waals surface area contributed by atoms with E-state index in [2.05, 4.69) is 31.8 Å². The molecule has 0 saturated carbocycles. The van der Waals surface area contributed by atoms with Gasteiger partial charge in [0.1, 0.15) is 0 Å². The van der Waals surface area contributed by atoms with Gasteiger partial charge in [0.25, 0.3) is 0 Å². The van der Waals surface area contributed by atoms with Crippen LogP contribution in [0, 0.1) is 6.92 Å². The third-order valence-corrected chi connectivity index (χ3v) is 4.74. The molecule has 112 valence electrons. The van der Waals surface area contributed by atoms with Crippen molar-refractivity contribution in [1.82, 2.24) is 19.9 Å². The number of aryl methyl sites for hydroxylation is 1. The van der Waals surface area contributed by atoms with Crippen LogP contribution in [-0.2, 0) is 6.54 Å². The number of nitrogens with zero attached hydrogens (tertiary/aromatic N) is 5. The van der Waals surface area contributed by atoms with Gasteiger partial charge in [-0.05, 0) is 31.9 Å². The molecule has 3 heterocycles. The van der Waals surface area contributed by atoms with Crippen molar-refractivity contribution in [3.8, 4) is 0 Å². The Balaban J connectivity index is 1.63. The van der Waals surface area contributed by atoms with E-state index in [0.29, 0.717) is 6.04 Å². The standard InChI is InChI=1S/C15H21N5S/c1-12-6-17-15(18-7-12)19(2)13-4-3-5-20(9-13)10-14-8-16-11-21-14/h6-8,11,13H,3-5,9-10H2,1-2H3. The number of rotatable bonds is 4. The summed E-state index contributed by atoms with van der Waals surface area (Å²) in [6.45, 7) is 5.24. The Kier molecular flexibility index (Phi) is 4.45. The molecule has 0 spiro atoms. The maximum Gasteiger partial charge on any atom is 0.225 e. The minimum atomic E-state index is 0.481. The van der Waals surface area contributed by atoms with E-state index in [9.17, 15) is 0 Å². The lowest BCUT2D eigenvalue weighted by Gasteiger charge is -2.37. The average Bonchev–Trinajstić information content (AvgIpc) is 3.00. The highest BCUT2D eigenvalue weighted by Gasteiger charge is 2.24. The number of hydrogen-bond donors (Lipinski definition) is 0. The molecule has 2 aromatic rings. The van der Waals surface area contributed by atoms with Crippen molar-refractivity contribution in [3.63, 3.8) is 0 Å². The van der Waals surface area contributed by atoms with Crippen molar-refractivity contribution >= 4 is 17.3 Å². The topological polar surface area (TPSA) is 45.2 Å². The SMILES string of the molecule is Cc1cnc(N(C)C2CCCN(Cc3cncs3)C2)nc1. The molecule has 5 nitrogen and oxygen atoms in total. The van der Waals surface area contributed by atoms with E-state index in [-0.39, 0.29) is 0 Å². The van der Waals surface area contributed by atoms with Crippen molar-refractivity contribution in [2.45, 2.75) is 32.4 Å². The first-order valence-electron chi connectivity index (χ1n) is 7.33. The Morgan fingerprint density at radius 2 is 2.14 bits per heavy atom. The van der Waals surface area contributed by atoms with Crippen molar-refractivity contribution < 1.29 is 0 Å². The molecule has 0 amide bonds. The number of likely N-dealkylation sites (tertiary alicyclic amines) is 1. The predicted molar refractivity (Wildman–Crippen MR) is 85.6 cm³/mol. The second kappa shape index (κ2) is 6.49. The van der Waals surface area contributed by atoms with E-state index in [4.69, 9.17) is 0 Å². The van der Waals surface area contributed by atoms with E-state index in [0.717, 1.165) is 31.1 Å². The second-order valence-corrected chi connectivity index (χ2v) is 6.64. The Morgan fingerprint density at radius 1 is 1.33 bits per heavy atom. The molecule has 1 fully saturated rings. The highest BCUT2D eigenvalue weighted by molar-refractivity contribution is 7.09. The fourth-order valence-corrected chi connectivity index (χ4v) is 3.40. The van der Waals surface area contributed by atoms with Gasteiger partial charge < -0.3 is 4.90 Å². The molecule has 6 heteroatoms. The van der Waals surface area contributed by atoms with Crippen LogP contribution in [0.4, 0.5) is 5.95 Å². The van der Waals surface area contributed by atoms with Crippen molar-refractivity contribution in [3.05, 3.63) is 34.5 Å². The van der Waals surface area contributed by atoms with Crippen LogP contribution in [0.15, 0.2) is 24.1 Å². The maximum atomic E-state index is 4.44. The van der Waals surface area contributed by atoms with Gasteiger partial charge in [-0.2, -0.15) is 0 Å². The number of thiazole rings is 1. The quantitative estimate of drug-likeness (QED) is 0.867. The smallest absolute Gasteiger partial charge is 0.225 e. The Labute approximate surface area is 129 Å². The van der Waals surface area contributed by atoms with Gasteiger partial charge in [0.2, 0.25) is 5.95 Å². The zero-order chi connectivity index (χ0) is 14.7. The molecule has 0 aliphatic carbocycles. The lowest BCUT2D eigenvalue weighted by Crippen LogP contribution is -2.46. The zero-order valence-corrected chi connectivity index (χ0v) is 13.4. The lowest BCUT2D eigenvalue weighted by atomic mass is 10.0. The van der Waals surface area contributed by atoms with Crippen LogP contribution in [0.25, 0.3) is 0 Å². The number of aromatic nitrogens is 3. The summed E-state index contributed by atoms with van der Waals surface area (Å²) in [7, 11) is 2.10. The first-order valence-corrected chi connectivity index (χ1v) is 8.21. The summed E-state index contributed by atoms with van der Waals surface area (Å²) in [4.78, 5) is 19.1. The van der Waals surface area contributed by atoms with Crippen molar-refractivity contribution in [1.29, 1.82) is 0 Å². The third-order valence-electron chi connectivity index (χ3n) is 3.97. The third kappa shape index (κ3) is 3.57. The fourth-order valence-electron chi connectivity index (χ4n) is 2.76. The molecule has 1 saturated heterocycles. The van der Waals surface area contributed by atoms with Crippen LogP contribution >= 0.6 is 11.3 Å². The molecule has 1 unspecified atom stereocenters. The van der Waals surface area contributed by atoms with Gasteiger partial charge in [-0.3, -0.25) is 9.88 Å². The highest BCUT2D eigenvalue weighted by atomic mass is 32.1. The number of likely N-dealkylation sites (N-methyl/N-ethyl adjacent to an activating group) is 1. The predicted octanol–water partition coefficient (Wildman–Crippen LogP) is 2.34. The molecule has 0 radical (unpaired) electrons. The van der Waals surface area contributed by atoms with E-state index in [1.165, 1.54) is 17.7 Å². The van der Waals surface area contributed by atoms with Gasteiger partial charge >= 0.3 is 0 Å². The second-order valence-electron chi connectivity index (χ2n) is 5.67. The monoisotopic (exact) mass is 303 g/mol. The van der Waals surface area contributed by atoms with Gasteiger partial charge in [0, 0.05) is 49.6 Å². The molecule has 2 aromatic heterocycles. The summed E-state index contributed by atoms with van der Waals surface area (Å²) in [5, 5.41) is 0. The largest absolute Gasteiger partial charge is 0.340 e. The van der Waals surface area contributed by atoms with E-state index in [1.54, 1.807) is 11.3 Å². The van der Waals surface area contributed by atoms with Gasteiger partial charge in [0.15, 0.2) is 0 Å². The minimum Gasteiger partial charge on any atom is -0.340 e. The molecule has 0 bridgehead atoms.